The second kappa shape index (κ2) is 9.22. The number of nitrogens with two attached hydrogens (primary N) is 1. The van der Waals surface area contributed by atoms with E-state index < -0.39 is 0 Å². The van der Waals surface area contributed by atoms with Crippen LogP contribution >= 0.6 is 0 Å². The Morgan fingerprint density at radius 3 is 2.65 bits per heavy atom. The molecule has 2 aliphatic heterocycles. The average Bonchev–Trinajstić information content (AvgIpc) is 3.42. The van der Waals surface area contributed by atoms with E-state index in [0.717, 1.165) is 62.3 Å². The molecule has 2 aromatic carbocycles. The van der Waals surface area contributed by atoms with Gasteiger partial charge in [0, 0.05) is 56.1 Å². The molecule has 1 spiro atoms. The number of carbonyl (C=O) groups excluding carboxylic acids is 1. The van der Waals surface area contributed by atoms with Crippen LogP contribution in [0.4, 0.5) is 10.1 Å². The number of aromatic nitrogens is 2. The predicted octanol–water partition coefficient (Wildman–Crippen LogP) is 3.87. The molecule has 2 saturated heterocycles. The van der Waals surface area contributed by atoms with Crippen molar-refractivity contribution in [3.05, 3.63) is 71.8 Å². The van der Waals surface area contributed by atoms with Gasteiger partial charge in [0.15, 0.2) is 0 Å². The second-order valence-electron chi connectivity index (χ2n) is 10.00. The average molecular weight is 462 g/mol. The van der Waals surface area contributed by atoms with Crippen molar-refractivity contribution in [1.82, 2.24) is 19.6 Å². The standard InChI is InChI=1S/C27H32FN5O/c1-31-16-20(15-30-31)17-32-11-2-9-27(18-32)10-12-33(19-27)26(34)14-23-13-22(5-8-25(23)29)21-3-6-24(28)7-4-21/h3-8,13,15-16H,2,9-12,14,17-19,29H2,1H3. The molecule has 0 aliphatic carbocycles. The highest BCUT2D eigenvalue weighted by atomic mass is 19.1. The van der Waals surface area contributed by atoms with Crippen molar-refractivity contribution >= 4 is 11.6 Å². The lowest BCUT2D eigenvalue weighted by atomic mass is 9.79. The van der Waals surface area contributed by atoms with Crippen molar-refractivity contribution in [2.45, 2.75) is 32.2 Å². The Morgan fingerprint density at radius 2 is 1.88 bits per heavy atom. The number of amides is 1. The molecule has 1 unspecified atom stereocenters. The highest BCUT2D eigenvalue weighted by Crippen LogP contribution is 2.39. The van der Waals surface area contributed by atoms with Crippen molar-refractivity contribution in [3.8, 4) is 11.1 Å². The summed E-state index contributed by atoms with van der Waals surface area (Å²) in [7, 11) is 1.95. The second-order valence-corrected chi connectivity index (χ2v) is 10.00. The van der Waals surface area contributed by atoms with Crippen molar-refractivity contribution < 1.29 is 9.18 Å². The van der Waals surface area contributed by atoms with Gasteiger partial charge in [-0.25, -0.2) is 4.39 Å². The Balaban J connectivity index is 1.24. The van der Waals surface area contributed by atoms with Crippen molar-refractivity contribution in [2.75, 3.05) is 31.9 Å². The van der Waals surface area contributed by atoms with Crippen LogP contribution in [0.25, 0.3) is 11.1 Å². The number of hydrogen-bond donors (Lipinski definition) is 1. The minimum absolute atomic E-state index is 0.129. The van der Waals surface area contributed by atoms with Gasteiger partial charge in [-0.1, -0.05) is 18.2 Å². The summed E-state index contributed by atoms with van der Waals surface area (Å²) in [5, 5.41) is 4.29. The molecular weight excluding hydrogens is 429 g/mol. The number of piperidine rings is 1. The number of likely N-dealkylation sites (tertiary alicyclic amines) is 2. The molecule has 3 heterocycles. The molecular formula is C27H32FN5O. The third-order valence-corrected chi connectivity index (χ3v) is 7.36. The molecule has 1 atom stereocenters. The number of nitrogens with zero attached hydrogens (tertiary/aromatic N) is 4. The maximum absolute atomic E-state index is 13.3. The van der Waals surface area contributed by atoms with Gasteiger partial charge in [0.1, 0.15) is 5.82 Å². The fraction of sp³-hybridized carbons (Fsp3) is 0.407. The number of hydrogen-bond acceptors (Lipinski definition) is 4. The van der Waals surface area contributed by atoms with Crippen molar-refractivity contribution in [3.63, 3.8) is 0 Å². The van der Waals surface area contributed by atoms with Gasteiger partial charge in [-0.15, -0.1) is 0 Å². The van der Waals surface area contributed by atoms with Crippen LogP contribution in [0.15, 0.2) is 54.9 Å². The molecule has 3 aromatic rings. The molecule has 1 aromatic heterocycles. The highest BCUT2D eigenvalue weighted by molar-refractivity contribution is 5.82. The van der Waals surface area contributed by atoms with E-state index in [2.05, 4.69) is 16.2 Å². The van der Waals surface area contributed by atoms with Gasteiger partial charge < -0.3 is 10.6 Å². The van der Waals surface area contributed by atoms with Crippen LogP contribution in [0.1, 0.15) is 30.4 Å². The molecule has 2 N–H and O–H groups in total. The zero-order chi connectivity index (χ0) is 23.7. The van der Waals surface area contributed by atoms with Crippen LogP contribution in [-0.4, -0.2) is 51.7 Å². The smallest absolute Gasteiger partial charge is 0.227 e. The lowest BCUT2D eigenvalue weighted by Gasteiger charge is -2.40. The summed E-state index contributed by atoms with van der Waals surface area (Å²) in [6, 6.07) is 12.1. The Labute approximate surface area is 200 Å². The van der Waals surface area contributed by atoms with Crippen LogP contribution < -0.4 is 5.73 Å². The summed E-state index contributed by atoms with van der Waals surface area (Å²) >= 11 is 0. The van der Waals surface area contributed by atoms with E-state index in [9.17, 15) is 9.18 Å². The zero-order valence-electron chi connectivity index (χ0n) is 19.7. The fourth-order valence-corrected chi connectivity index (χ4v) is 5.59. The van der Waals surface area contributed by atoms with Crippen LogP contribution in [0.5, 0.6) is 0 Å². The van der Waals surface area contributed by atoms with E-state index in [1.807, 2.05) is 41.0 Å². The van der Waals surface area contributed by atoms with Gasteiger partial charge in [0.25, 0.3) is 0 Å². The van der Waals surface area contributed by atoms with E-state index in [4.69, 9.17) is 5.73 Å². The topological polar surface area (TPSA) is 67.4 Å². The maximum atomic E-state index is 13.3. The largest absolute Gasteiger partial charge is 0.398 e. The maximum Gasteiger partial charge on any atom is 0.227 e. The number of nitrogen functional groups attached to an aromatic ring is 1. The summed E-state index contributed by atoms with van der Waals surface area (Å²) in [6.45, 7) is 4.64. The van der Waals surface area contributed by atoms with Gasteiger partial charge in [0.05, 0.1) is 12.6 Å². The monoisotopic (exact) mass is 461 g/mol. The van der Waals surface area contributed by atoms with E-state index >= 15 is 0 Å². The molecule has 5 rings (SSSR count). The van der Waals surface area contributed by atoms with Crippen LogP contribution in [-0.2, 0) is 24.8 Å². The molecule has 0 saturated carbocycles. The lowest BCUT2D eigenvalue weighted by Crippen LogP contribution is -2.45. The Morgan fingerprint density at radius 1 is 1.09 bits per heavy atom. The van der Waals surface area contributed by atoms with Crippen LogP contribution in [0, 0.1) is 11.2 Å². The SMILES string of the molecule is Cn1cc(CN2CCCC3(CCN(C(=O)Cc4cc(-c5ccc(F)cc5)ccc4N)C3)C2)cn1. The highest BCUT2D eigenvalue weighted by Gasteiger charge is 2.42. The first-order valence-corrected chi connectivity index (χ1v) is 12.0. The van der Waals surface area contributed by atoms with E-state index in [0.29, 0.717) is 5.69 Å². The molecule has 178 valence electrons. The number of halogens is 1. The van der Waals surface area contributed by atoms with Crippen LogP contribution in [0.3, 0.4) is 0 Å². The number of benzene rings is 2. The summed E-state index contributed by atoms with van der Waals surface area (Å²) in [5.41, 5.74) is 10.9. The minimum Gasteiger partial charge on any atom is -0.398 e. The summed E-state index contributed by atoms with van der Waals surface area (Å²) in [5.74, 6) is -0.136. The quantitative estimate of drug-likeness (QED) is 0.586. The summed E-state index contributed by atoms with van der Waals surface area (Å²) in [4.78, 5) is 17.8. The molecule has 0 radical (unpaired) electrons. The van der Waals surface area contributed by atoms with Gasteiger partial charge in [-0.2, -0.15) is 5.10 Å². The molecule has 34 heavy (non-hydrogen) atoms. The Kier molecular flexibility index (Phi) is 6.13. The van der Waals surface area contributed by atoms with Crippen LogP contribution in [0.2, 0.25) is 0 Å². The van der Waals surface area contributed by atoms with Crippen molar-refractivity contribution in [1.29, 1.82) is 0 Å². The van der Waals surface area contributed by atoms with Gasteiger partial charge in [-0.3, -0.25) is 14.4 Å². The third kappa shape index (κ3) is 4.85. The van der Waals surface area contributed by atoms with Gasteiger partial charge >= 0.3 is 0 Å². The first-order valence-electron chi connectivity index (χ1n) is 12.0. The summed E-state index contributed by atoms with van der Waals surface area (Å²) in [6.07, 6.45) is 7.69. The Bertz CT molecular complexity index is 1170. The third-order valence-electron chi connectivity index (χ3n) is 7.36. The molecule has 0 bridgehead atoms. The van der Waals surface area contributed by atoms with E-state index in [-0.39, 0.29) is 23.6 Å². The lowest BCUT2D eigenvalue weighted by molar-refractivity contribution is -0.130. The summed E-state index contributed by atoms with van der Waals surface area (Å²) < 4.78 is 15.1. The first kappa shape index (κ1) is 22.6. The number of rotatable bonds is 5. The van der Waals surface area contributed by atoms with Gasteiger partial charge in [0.2, 0.25) is 5.91 Å². The first-order chi connectivity index (χ1) is 16.4. The molecule has 6 nitrogen and oxygen atoms in total. The Hall–Kier alpha value is -3.19. The molecule has 1 amide bonds. The van der Waals surface area contributed by atoms with E-state index in [1.165, 1.54) is 24.1 Å². The van der Waals surface area contributed by atoms with Crippen molar-refractivity contribution in [2.24, 2.45) is 12.5 Å². The predicted molar refractivity (Wildman–Crippen MR) is 131 cm³/mol. The van der Waals surface area contributed by atoms with E-state index in [1.54, 1.807) is 12.1 Å². The normalized spacial score (nSPS) is 20.8. The minimum atomic E-state index is -0.265. The molecule has 2 fully saturated rings. The number of anilines is 1. The van der Waals surface area contributed by atoms with Gasteiger partial charge in [-0.05, 0) is 66.8 Å². The molecule has 2 aliphatic rings. The number of aryl methyl sites for hydroxylation is 1. The molecule has 7 heteroatoms. The zero-order valence-corrected chi connectivity index (χ0v) is 19.7. The number of carbonyl (C=O) groups is 1. The fourth-order valence-electron chi connectivity index (χ4n) is 5.59.